The number of methoxy groups -OCH3 is 1. The minimum atomic E-state index is -0.474. The van der Waals surface area contributed by atoms with Gasteiger partial charge >= 0.3 is 5.97 Å². The molecular formula is C15H15NO5. The number of hydrogen-bond acceptors (Lipinski definition) is 5. The van der Waals surface area contributed by atoms with Crippen LogP contribution >= 0.6 is 0 Å². The number of ether oxygens (including phenoxy) is 1. The Hall–Kier alpha value is -2.76. The van der Waals surface area contributed by atoms with Gasteiger partial charge in [0, 0.05) is 6.08 Å². The Kier molecular flexibility index (Phi) is 4.61. The van der Waals surface area contributed by atoms with Gasteiger partial charge in [0.2, 0.25) is 5.91 Å². The summed E-state index contributed by atoms with van der Waals surface area (Å²) >= 11 is 0. The van der Waals surface area contributed by atoms with Crippen LogP contribution in [-0.4, -0.2) is 19.0 Å². The highest BCUT2D eigenvalue weighted by molar-refractivity contribution is 5.93. The van der Waals surface area contributed by atoms with Crippen molar-refractivity contribution in [2.75, 3.05) is 7.11 Å². The fraction of sp³-hybridized carbons (Fsp3) is 0.200. The van der Waals surface area contributed by atoms with Crippen LogP contribution in [0.4, 0.5) is 0 Å². The number of rotatable bonds is 5. The highest BCUT2D eigenvalue weighted by Crippen LogP contribution is 2.16. The molecule has 0 aromatic carbocycles. The molecule has 2 aromatic heterocycles. The van der Waals surface area contributed by atoms with Crippen LogP contribution in [0.2, 0.25) is 0 Å². The van der Waals surface area contributed by atoms with Gasteiger partial charge in [-0.2, -0.15) is 0 Å². The number of carbonyl (C=O) groups is 2. The van der Waals surface area contributed by atoms with Crippen LogP contribution in [0.5, 0.6) is 0 Å². The van der Waals surface area contributed by atoms with Crippen LogP contribution in [0, 0.1) is 6.92 Å². The summed E-state index contributed by atoms with van der Waals surface area (Å²) in [5.74, 6) is 0.746. The zero-order chi connectivity index (χ0) is 15.2. The van der Waals surface area contributed by atoms with Crippen molar-refractivity contribution in [3.05, 3.63) is 53.4 Å². The normalized spacial score (nSPS) is 10.8. The third kappa shape index (κ3) is 3.85. The molecule has 6 nitrogen and oxygen atoms in total. The molecular weight excluding hydrogens is 274 g/mol. The van der Waals surface area contributed by atoms with Crippen molar-refractivity contribution in [2.45, 2.75) is 13.5 Å². The molecule has 0 saturated heterocycles. The molecule has 0 bridgehead atoms. The van der Waals surface area contributed by atoms with Crippen molar-refractivity contribution >= 4 is 18.0 Å². The van der Waals surface area contributed by atoms with Crippen molar-refractivity contribution in [2.24, 2.45) is 0 Å². The average molecular weight is 289 g/mol. The molecule has 6 heteroatoms. The molecule has 2 heterocycles. The van der Waals surface area contributed by atoms with Gasteiger partial charge in [0.25, 0.3) is 0 Å². The summed E-state index contributed by atoms with van der Waals surface area (Å²) in [6.45, 7) is 1.96. The van der Waals surface area contributed by atoms with Crippen LogP contribution < -0.4 is 5.32 Å². The maximum atomic E-state index is 11.6. The molecule has 1 N–H and O–H groups in total. The summed E-state index contributed by atoms with van der Waals surface area (Å²) in [6.07, 6.45) is 4.34. The maximum Gasteiger partial charge on any atom is 0.341 e. The molecule has 0 aliphatic carbocycles. The lowest BCUT2D eigenvalue weighted by atomic mass is 10.2. The van der Waals surface area contributed by atoms with E-state index in [1.54, 1.807) is 19.1 Å². The van der Waals surface area contributed by atoms with Gasteiger partial charge in [-0.1, -0.05) is 0 Å². The lowest BCUT2D eigenvalue weighted by Gasteiger charge is -1.97. The highest BCUT2D eigenvalue weighted by Gasteiger charge is 2.14. The monoisotopic (exact) mass is 289 g/mol. The number of esters is 1. The SMILES string of the molecule is COC(=O)c1cc(/C=C/C(=O)NCc2ccco2)oc1C. The second kappa shape index (κ2) is 6.60. The zero-order valence-electron chi connectivity index (χ0n) is 11.7. The topological polar surface area (TPSA) is 81.7 Å². The Morgan fingerprint density at radius 2 is 2.24 bits per heavy atom. The fourth-order valence-corrected chi connectivity index (χ4v) is 1.70. The smallest absolute Gasteiger partial charge is 0.341 e. The zero-order valence-corrected chi connectivity index (χ0v) is 11.7. The predicted molar refractivity (Wildman–Crippen MR) is 74.4 cm³/mol. The van der Waals surface area contributed by atoms with Crippen LogP contribution in [0.1, 0.15) is 27.6 Å². The third-order valence-corrected chi connectivity index (χ3v) is 2.76. The van der Waals surface area contributed by atoms with E-state index in [2.05, 4.69) is 10.1 Å². The van der Waals surface area contributed by atoms with Gasteiger partial charge in [-0.15, -0.1) is 0 Å². The van der Waals surface area contributed by atoms with Gasteiger partial charge in [-0.05, 0) is 31.2 Å². The van der Waals surface area contributed by atoms with Crippen molar-refractivity contribution in [3.8, 4) is 0 Å². The maximum absolute atomic E-state index is 11.6. The van der Waals surface area contributed by atoms with E-state index >= 15 is 0 Å². The van der Waals surface area contributed by atoms with Crippen LogP contribution in [0.25, 0.3) is 6.08 Å². The largest absolute Gasteiger partial charge is 0.467 e. The van der Waals surface area contributed by atoms with Gasteiger partial charge < -0.3 is 18.9 Å². The first-order chi connectivity index (χ1) is 10.1. The van der Waals surface area contributed by atoms with Gasteiger partial charge in [0.1, 0.15) is 22.8 Å². The minimum absolute atomic E-state index is 0.292. The summed E-state index contributed by atoms with van der Waals surface area (Å²) in [4.78, 5) is 23.0. The lowest BCUT2D eigenvalue weighted by molar-refractivity contribution is -0.116. The van der Waals surface area contributed by atoms with Crippen molar-refractivity contribution in [1.29, 1.82) is 0 Å². The average Bonchev–Trinajstić information content (AvgIpc) is 3.11. The van der Waals surface area contributed by atoms with Crippen LogP contribution in [0.3, 0.4) is 0 Å². The van der Waals surface area contributed by atoms with Crippen molar-refractivity contribution in [3.63, 3.8) is 0 Å². The van der Waals surface area contributed by atoms with Crippen LogP contribution in [0.15, 0.2) is 39.4 Å². The molecule has 0 saturated carbocycles. The van der Waals surface area contributed by atoms with E-state index in [9.17, 15) is 9.59 Å². The Labute approximate surface area is 121 Å². The van der Waals surface area contributed by atoms with Gasteiger partial charge in [0.15, 0.2) is 0 Å². The van der Waals surface area contributed by atoms with Crippen LogP contribution in [-0.2, 0) is 16.1 Å². The van der Waals surface area contributed by atoms with E-state index in [-0.39, 0.29) is 5.91 Å². The van der Waals surface area contributed by atoms with E-state index in [0.29, 0.717) is 29.4 Å². The number of nitrogens with one attached hydrogen (secondary N) is 1. The Bertz CT molecular complexity index is 652. The summed E-state index contributed by atoms with van der Waals surface area (Å²) < 4.78 is 15.1. The molecule has 0 aliphatic heterocycles. The minimum Gasteiger partial charge on any atom is -0.467 e. The molecule has 2 rings (SSSR count). The number of hydrogen-bond donors (Lipinski definition) is 1. The Morgan fingerprint density at radius 1 is 1.43 bits per heavy atom. The molecule has 0 radical (unpaired) electrons. The standard InChI is InChI=1S/C15H15NO5/c1-10-13(15(18)19-2)8-11(21-10)5-6-14(17)16-9-12-4-3-7-20-12/h3-8H,9H2,1-2H3,(H,16,17)/b6-5+. The van der Waals surface area contributed by atoms with E-state index in [1.807, 2.05) is 0 Å². The number of furan rings is 2. The fourth-order valence-electron chi connectivity index (χ4n) is 1.70. The van der Waals surface area contributed by atoms with Gasteiger partial charge in [0.05, 0.1) is 19.9 Å². The first-order valence-corrected chi connectivity index (χ1v) is 6.27. The molecule has 1 amide bonds. The third-order valence-electron chi connectivity index (χ3n) is 2.76. The molecule has 0 aliphatic rings. The molecule has 21 heavy (non-hydrogen) atoms. The Balaban J connectivity index is 1.94. The molecule has 0 atom stereocenters. The molecule has 0 spiro atoms. The van der Waals surface area contributed by atoms with E-state index < -0.39 is 5.97 Å². The molecule has 0 unspecified atom stereocenters. The lowest BCUT2D eigenvalue weighted by Crippen LogP contribution is -2.19. The molecule has 110 valence electrons. The second-order valence-electron chi connectivity index (χ2n) is 4.24. The molecule has 0 fully saturated rings. The van der Waals surface area contributed by atoms with E-state index in [0.717, 1.165) is 0 Å². The molecule has 2 aromatic rings. The van der Waals surface area contributed by atoms with Crippen molar-refractivity contribution < 1.29 is 23.2 Å². The first kappa shape index (κ1) is 14.6. The summed E-state index contributed by atoms with van der Waals surface area (Å²) in [7, 11) is 1.30. The second-order valence-corrected chi connectivity index (χ2v) is 4.24. The van der Waals surface area contributed by atoms with Gasteiger partial charge in [-0.25, -0.2) is 4.79 Å². The summed E-state index contributed by atoms with van der Waals surface area (Å²) in [5, 5.41) is 2.66. The number of carbonyl (C=O) groups excluding carboxylic acids is 2. The number of amides is 1. The Morgan fingerprint density at radius 3 is 2.90 bits per heavy atom. The van der Waals surface area contributed by atoms with E-state index in [4.69, 9.17) is 8.83 Å². The summed E-state index contributed by atoms with van der Waals surface area (Å²) in [6, 6.07) is 5.04. The first-order valence-electron chi connectivity index (χ1n) is 6.27. The highest BCUT2D eigenvalue weighted by atomic mass is 16.5. The van der Waals surface area contributed by atoms with E-state index in [1.165, 1.54) is 31.6 Å². The summed E-state index contributed by atoms with van der Waals surface area (Å²) in [5.41, 5.74) is 0.341. The predicted octanol–water partition coefficient (Wildman–Crippen LogP) is 2.30. The quantitative estimate of drug-likeness (QED) is 0.674. The van der Waals surface area contributed by atoms with Crippen molar-refractivity contribution in [1.82, 2.24) is 5.32 Å². The van der Waals surface area contributed by atoms with Gasteiger partial charge in [-0.3, -0.25) is 4.79 Å². The number of aryl methyl sites for hydroxylation is 1.